The number of fused-ring (bicyclic) bond motifs is 1. The number of carbonyl (C=O) groups excluding carboxylic acids is 3. The van der Waals surface area contributed by atoms with Crippen LogP contribution in [0.15, 0.2) is 34.9 Å². The van der Waals surface area contributed by atoms with Crippen LogP contribution in [0.25, 0.3) is 11.1 Å². The highest BCUT2D eigenvalue weighted by atomic mass is 35.5. The van der Waals surface area contributed by atoms with Gasteiger partial charge in [-0.2, -0.15) is 0 Å². The maximum atomic E-state index is 13.4. The van der Waals surface area contributed by atoms with Gasteiger partial charge in [-0.1, -0.05) is 11.6 Å². The van der Waals surface area contributed by atoms with Crippen molar-refractivity contribution in [3.05, 3.63) is 46.9 Å². The van der Waals surface area contributed by atoms with E-state index in [0.29, 0.717) is 43.9 Å². The highest BCUT2D eigenvalue weighted by Gasteiger charge is 2.33. The number of hydrogen-bond donors (Lipinski definition) is 3. The highest BCUT2D eigenvalue weighted by Crippen LogP contribution is 2.35. The largest absolute Gasteiger partial charge is 0.447 e. The van der Waals surface area contributed by atoms with Gasteiger partial charge in [0.1, 0.15) is 28.9 Å². The minimum Gasteiger partial charge on any atom is -0.447 e. The molecule has 4 rings (SSSR count). The van der Waals surface area contributed by atoms with Crippen LogP contribution in [0.1, 0.15) is 46.7 Å². The van der Waals surface area contributed by atoms with E-state index in [0.717, 1.165) is 0 Å². The van der Waals surface area contributed by atoms with Crippen LogP contribution in [-0.4, -0.2) is 90.2 Å². The van der Waals surface area contributed by atoms with Gasteiger partial charge >= 0.3 is 0 Å². The van der Waals surface area contributed by atoms with E-state index in [-0.39, 0.29) is 57.7 Å². The number of furan rings is 1. The van der Waals surface area contributed by atoms with Gasteiger partial charge in [0.2, 0.25) is 11.7 Å². The van der Waals surface area contributed by atoms with E-state index in [2.05, 4.69) is 20.6 Å². The normalized spacial score (nSPS) is 17.8. The zero-order valence-corrected chi connectivity index (χ0v) is 24.3. The quantitative estimate of drug-likeness (QED) is 0.303. The lowest BCUT2D eigenvalue weighted by Crippen LogP contribution is -2.38. The van der Waals surface area contributed by atoms with Crippen LogP contribution in [0.4, 0.5) is 11.5 Å². The number of rotatable bonds is 10. The number of anilines is 2. The molecule has 41 heavy (non-hydrogen) atoms. The third-order valence-electron chi connectivity index (χ3n) is 7.25. The SMILES string of the molecule is COCCN(C)C(=O)c1ccc2oc(C(=O)Nc3ccc(Cl)cn3)c(NC(=O)[C@H]3CC[C@H](C(O)N(C)C)CC3)c2n1. The molecule has 0 radical (unpaired) electrons. The fourth-order valence-electron chi connectivity index (χ4n) is 4.85. The Balaban J connectivity index is 1.63. The van der Waals surface area contributed by atoms with Crippen molar-refractivity contribution in [1.82, 2.24) is 19.8 Å². The Morgan fingerprint density at radius 1 is 1.12 bits per heavy atom. The number of ether oxygens (including phenoxy) is 1. The average molecular weight is 587 g/mol. The first-order valence-electron chi connectivity index (χ1n) is 13.3. The molecule has 3 aromatic rings. The molecule has 13 heteroatoms. The van der Waals surface area contributed by atoms with Gasteiger partial charge in [-0.3, -0.25) is 19.3 Å². The molecule has 0 bridgehead atoms. The van der Waals surface area contributed by atoms with Crippen molar-refractivity contribution in [3.8, 4) is 0 Å². The lowest BCUT2D eigenvalue weighted by molar-refractivity contribution is -0.122. The summed E-state index contributed by atoms with van der Waals surface area (Å²) in [7, 11) is 6.82. The maximum absolute atomic E-state index is 13.4. The summed E-state index contributed by atoms with van der Waals surface area (Å²) < 4.78 is 10.9. The van der Waals surface area contributed by atoms with Crippen LogP contribution in [0.2, 0.25) is 5.02 Å². The molecule has 1 unspecified atom stereocenters. The zero-order chi connectivity index (χ0) is 29.7. The number of hydrogen-bond acceptors (Lipinski definition) is 9. The maximum Gasteiger partial charge on any atom is 0.294 e. The summed E-state index contributed by atoms with van der Waals surface area (Å²) in [5.74, 6) is -1.50. The number of halogens is 1. The molecule has 3 N–H and O–H groups in total. The molecular weight excluding hydrogens is 552 g/mol. The van der Waals surface area contributed by atoms with Crippen LogP contribution in [0.5, 0.6) is 0 Å². The zero-order valence-electron chi connectivity index (χ0n) is 23.5. The Morgan fingerprint density at radius 2 is 1.85 bits per heavy atom. The third-order valence-corrected chi connectivity index (χ3v) is 7.47. The van der Waals surface area contributed by atoms with Crippen LogP contribution in [0, 0.1) is 11.8 Å². The lowest BCUT2D eigenvalue weighted by Gasteiger charge is -2.33. The van der Waals surface area contributed by atoms with Crippen LogP contribution >= 0.6 is 11.6 Å². The summed E-state index contributed by atoms with van der Waals surface area (Å²) in [6, 6.07) is 6.16. The number of amides is 3. The molecule has 1 fully saturated rings. The van der Waals surface area contributed by atoms with E-state index < -0.39 is 12.1 Å². The number of aliphatic hydroxyl groups excluding tert-OH is 1. The van der Waals surface area contributed by atoms with Crippen molar-refractivity contribution in [1.29, 1.82) is 0 Å². The number of aliphatic hydroxyl groups is 1. The summed E-state index contributed by atoms with van der Waals surface area (Å²) in [5.41, 5.74) is 0.594. The molecule has 1 aliphatic rings. The molecule has 1 aliphatic carbocycles. The average Bonchev–Trinajstić information content (AvgIpc) is 3.33. The van der Waals surface area contributed by atoms with Crippen molar-refractivity contribution in [2.24, 2.45) is 11.8 Å². The number of likely N-dealkylation sites (N-methyl/N-ethyl adjacent to an activating group) is 1. The monoisotopic (exact) mass is 586 g/mol. The van der Waals surface area contributed by atoms with Gasteiger partial charge in [-0.15, -0.1) is 0 Å². The van der Waals surface area contributed by atoms with Gasteiger partial charge in [0, 0.05) is 32.8 Å². The van der Waals surface area contributed by atoms with Crippen LogP contribution in [-0.2, 0) is 9.53 Å². The smallest absolute Gasteiger partial charge is 0.294 e. The predicted octanol–water partition coefficient (Wildman–Crippen LogP) is 3.47. The topological polar surface area (TPSA) is 150 Å². The Hall–Kier alpha value is -3.58. The third kappa shape index (κ3) is 7.20. The van der Waals surface area contributed by atoms with E-state index >= 15 is 0 Å². The Labute approximate surface area is 243 Å². The van der Waals surface area contributed by atoms with Gasteiger partial charge < -0.3 is 29.8 Å². The molecule has 220 valence electrons. The first-order valence-corrected chi connectivity index (χ1v) is 13.7. The summed E-state index contributed by atoms with van der Waals surface area (Å²) >= 11 is 5.90. The molecule has 0 aliphatic heterocycles. The fourth-order valence-corrected chi connectivity index (χ4v) is 4.96. The lowest BCUT2D eigenvalue weighted by atomic mass is 9.80. The molecule has 1 atom stereocenters. The first kappa shape index (κ1) is 30.4. The molecule has 0 spiro atoms. The van der Waals surface area contributed by atoms with Crippen LogP contribution in [0.3, 0.4) is 0 Å². The summed E-state index contributed by atoms with van der Waals surface area (Å²) in [6.07, 6.45) is 3.34. The number of nitrogens with one attached hydrogen (secondary N) is 2. The number of nitrogens with zero attached hydrogens (tertiary/aromatic N) is 4. The molecule has 12 nitrogen and oxygen atoms in total. The van der Waals surface area contributed by atoms with Gasteiger partial charge in [0.05, 0.1) is 11.6 Å². The first-order chi connectivity index (χ1) is 19.6. The molecule has 3 heterocycles. The molecule has 1 saturated carbocycles. The summed E-state index contributed by atoms with van der Waals surface area (Å²) in [5, 5.41) is 16.3. The second kappa shape index (κ2) is 13.4. The van der Waals surface area contributed by atoms with Gasteiger partial charge in [0.15, 0.2) is 5.58 Å². The summed E-state index contributed by atoms with van der Waals surface area (Å²) in [6.45, 7) is 0.714. The van der Waals surface area contributed by atoms with Crippen LogP contribution < -0.4 is 10.6 Å². The molecule has 3 aromatic heterocycles. The molecule has 0 saturated heterocycles. The Morgan fingerprint density at radius 3 is 2.49 bits per heavy atom. The molecular formula is C28H35ClN6O6. The minimum atomic E-state index is -0.656. The number of aromatic nitrogens is 2. The number of pyridine rings is 2. The predicted molar refractivity (Wildman–Crippen MR) is 154 cm³/mol. The highest BCUT2D eigenvalue weighted by molar-refractivity contribution is 6.30. The summed E-state index contributed by atoms with van der Waals surface area (Å²) in [4.78, 5) is 51.5. The van der Waals surface area contributed by atoms with E-state index in [1.165, 1.54) is 23.2 Å². The van der Waals surface area contributed by atoms with E-state index in [4.69, 9.17) is 20.8 Å². The minimum absolute atomic E-state index is 0.0705. The van der Waals surface area contributed by atoms with E-state index in [1.54, 1.807) is 31.2 Å². The number of methoxy groups -OCH3 is 1. The van der Waals surface area contributed by atoms with Gasteiger partial charge in [-0.25, -0.2) is 9.97 Å². The van der Waals surface area contributed by atoms with Gasteiger partial charge in [-0.05, 0) is 70.0 Å². The van der Waals surface area contributed by atoms with Gasteiger partial charge in [0.25, 0.3) is 11.8 Å². The standard InChI is InChI=1S/C28H35ClN6O6/c1-34(2)27(38)17-7-5-16(6-8-17)25(36)33-23-22-20(11-10-19(31-22)28(39)35(3)13-14-40-4)41-24(23)26(37)32-21-12-9-18(29)15-30-21/h9-12,15-17,27,38H,5-8,13-14H2,1-4H3,(H,33,36)(H,30,32,37)/t16-,17-,27?. The molecule has 3 amide bonds. The van der Waals surface area contributed by atoms with Crippen molar-refractivity contribution in [2.75, 3.05) is 52.0 Å². The Bertz CT molecular complexity index is 1390. The number of carbonyl (C=O) groups is 3. The second-order valence-electron chi connectivity index (χ2n) is 10.4. The fraction of sp³-hybridized carbons (Fsp3) is 0.464. The second-order valence-corrected chi connectivity index (χ2v) is 10.8. The van der Waals surface area contributed by atoms with Crippen molar-refractivity contribution < 1.29 is 28.6 Å². The van der Waals surface area contributed by atoms with Crippen molar-refractivity contribution >= 4 is 51.9 Å². The van der Waals surface area contributed by atoms with Crippen molar-refractivity contribution in [2.45, 2.75) is 31.9 Å². The van der Waals surface area contributed by atoms with Crippen molar-refractivity contribution in [3.63, 3.8) is 0 Å². The van der Waals surface area contributed by atoms with E-state index in [1.807, 2.05) is 14.1 Å². The van der Waals surface area contributed by atoms with E-state index in [9.17, 15) is 19.5 Å². The Kier molecular flexibility index (Phi) is 9.92. The molecule has 0 aromatic carbocycles.